The highest BCUT2D eigenvalue weighted by Gasteiger charge is 2.22. The Morgan fingerprint density at radius 1 is 1.38 bits per heavy atom. The van der Waals surface area contributed by atoms with E-state index in [1.807, 2.05) is 31.2 Å². The van der Waals surface area contributed by atoms with Crippen LogP contribution in [0.25, 0.3) is 5.57 Å². The molecule has 0 amide bonds. The third-order valence-corrected chi connectivity index (χ3v) is 4.40. The fourth-order valence-corrected chi connectivity index (χ4v) is 3.24. The number of rotatable bonds is 3. The van der Waals surface area contributed by atoms with Gasteiger partial charge in [-0.1, -0.05) is 41.2 Å². The number of nitriles is 1. The summed E-state index contributed by atoms with van der Waals surface area (Å²) >= 11 is 1.31. The molecule has 1 aliphatic heterocycles. The van der Waals surface area contributed by atoms with Crippen LogP contribution < -0.4 is 0 Å². The van der Waals surface area contributed by atoms with Crippen LogP contribution >= 0.6 is 11.8 Å². The maximum atomic E-state index is 10.9. The zero-order valence-electron chi connectivity index (χ0n) is 11.7. The van der Waals surface area contributed by atoms with Crippen molar-refractivity contribution in [1.29, 1.82) is 5.26 Å². The normalized spacial score (nSPS) is 19.4. The molecular formula is C14H14N2O3S2. The molecule has 0 aromatic heterocycles. The first-order valence-electron chi connectivity index (χ1n) is 6.23. The van der Waals surface area contributed by atoms with Crippen molar-refractivity contribution in [3.8, 4) is 6.07 Å². The minimum absolute atomic E-state index is 0.566. The number of hydrogen-bond donors (Lipinski definition) is 0. The molecule has 1 saturated heterocycles. The summed E-state index contributed by atoms with van der Waals surface area (Å²) in [5.74, 6) is 0. The minimum atomic E-state index is -3.60. The predicted molar refractivity (Wildman–Crippen MR) is 83.9 cm³/mol. The van der Waals surface area contributed by atoms with Crippen LogP contribution in [0.2, 0.25) is 0 Å². The summed E-state index contributed by atoms with van der Waals surface area (Å²) in [6.45, 7) is 1.95. The number of nitrogens with zero attached hydrogens (tertiary/aromatic N) is 2. The van der Waals surface area contributed by atoms with E-state index in [-0.39, 0.29) is 0 Å². The van der Waals surface area contributed by atoms with E-state index in [0.29, 0.717) is 23.5 Å². The summed E-state index contributed by atoms with van der Waals surface area (Å²) < 4.78 is 26.3. The summed E-state index contributed by atoms with van der Waals surface area (Å²) in [4.78, 5) is 0.891. The molecule has 110 valence electrons. The third kappa shape index (κ3) is 4.09. The lowest BCUT2D eigenvalue weighted by atomic mass is 10.0. The Hall–Kier alpha value is -1.78. The average Bonchev–Trinajstić information content (AvgIpc) is 2.87. The number of thioether (sulfide) groups is 1. The van der Waals surface area contributed by atoms with Crippen LogP contribution in [-0.4, -0.2) is 19.7 Å². The zero-order valence-corrected chi connectivity index (χ0v) is 13.3. The summed E-state index contributed by atoms with van der Waals surface area (Å²) in [5.41, 5.74) is 2.54. The van der Waals surface area contributed by atoms with E-state index in [1.165, 1.54) is 11.8 Å². The highest BCUT2D eigenvalue weighted by molar-refractivity contribution is 8.17. The topological polar surface area (TPSA) is 79.5 Å². The lowest BCUT2D eigenvalue weighted by Gasteiger charge is -2.06. The molecule has 0 bridgehead atoms. The second-order valence-corrected chi connectivity index (χ2v) is 7.32. The van der Waals surface area contributed by atoms with Gasteiger partial charge in [0.1, 0.15) is 11.1 Å². The van der Waals surface area contributed by atoms with Crippen molar-refractivity contribution in [2.45, 2.75) is 19.8 Å². The van der Waals surface area contributed by atoms with Gasteiger partial charge in [0.2, 0.25) is 0 Å². The number of aryl methyl sites for hydroxylation is 1. The highest BCUT2D eigenvalue weighted by Crippen LogP contribution is 2.39. The number of allylic oxidation sites excluding steroid dienone is 2. The van der Waals surface area contributed by atoms with Crippen molar-refractivity contribution in [3.05, 3.63) is 40.3 Å². The molecule has 21 heavy (non-hydrogen) atoms. The quantitative estimate of drug-likeness (QED) is 0.631. The molecule has 0 spiro atoms. The summed E-state index contributed by atoms with van der Waals surface area (Å²) in [6.07, 6.45) is 2.18. The second-order valence-electron chi connectivity index (χ2n) is 4.59. The summed E-state index contributed by atoms with van der Waals surface area (Å²) in [7, 11) is -3.60. The fraction of sp³-hybridized carbons (Fsp3) is 0.286. The molecular weight excluding hydrogens is 308 g/mol. The molecule has 5 nitrogen and oxygen atoms in total. The van der Waals surface area contributed by atoms with Gasteiger partial charge >= 0.3 is 10.1 Å². The van der Waals surface area contributed by atoms with Gasteiger partial charge in [-0.15, -0.1) is 0 Å². The molecule has 0 aliphatic carbocycles. The predicted octanol–water partition coefficient (Wildman–Crippen LogP) is 3.05. The van der Waals surface area contributed by atoms with Crippen LogP contribution in [0.15, 0.2) is 34.3 Å². The Morgan fingerprint density at radius 3 is 2.71 bits per heavy atom. The summed E-state index contributed by atoms with van der Waals surface area (Å²) in [5, 5.41) is 13.6. The first-order chi connectivity index (χ1) is 9.90. The SMILES string of the molecule is Cc1ccccc1/C(C#N)=C1/CC/C(=N/OS(C)(=O)=O)S1. The van der Waals surface area contributed by atoms with Crippen LogP contribution in [-0.2, 0) is 14.4 Å². The van der Waals surface area contributed by atoms with E-state index in [0.717, 1.165) is 22.3 Å². The number of oxime groups is 1. The maximum absolute atomic E-state index is 10.9. The molecule has 0 atom stereocenters. The van der Waals surface area contributed by atoms with Gasteiger partial charge in [0.05, 0.1) is 11.8 Å². The number of benzene rings is 1. The number of hydrogen-bond acceptors (Lipinski definition) is 6. The smallest absolute Gasteiger partial charge is 0.268 e. The van der Waals surface area contributed by atoms with Crippen LogP contribution in [0.3, 0.4) is 0 Å². The van der Waals surface area contributed by atoms with Gasteiger partial charge in [0, 0.05) is 11.3 Å². The standard InChI is InChI=1S/C14H14N2O3S2/c1-10-5-3-4-6-11(10)12(9-15)13-7-8-14(20-13)16-19-21(2,17)18/h3-6H,7-8H2,1-2H3/b13-12-,16-14-. The largest absolute Gasteiger partial charge is 0.325 e. The van der Waals surface area contributed by atoms with Gasteiger partial charge in [-0.25, -0.2) is 0 Å². The zero-order chi connectivity index (χ0) is 15.5. The van der Waals surface area contributed by atoms with Crippen molar-refractivity contribution >= 4 is 32.5 Å². The van der Waals surface area contributed by atoms with Crippen LogP contribution in [0, 0.1) is 18.3 Å². The van der Waals surface area contributed by atoms with Gasteiger partial charge in [-0.3, -0.25) is 4.28 Å². The minimum Gasteiger partial charge on any atom is -0.268 e. The van der Waals surface area contributed by atoms with Gasteiger partial charge < -0.3 is 0 Å². The van der Waals surface area contributed by atoms with E-state index in [4.69, 9.17) is 0 Å². The second kappa shape index (κ2) is 6.33. The first-order valence-corrected chi connectivity index (χ1v) is 8.86. The fourth-order valence-electron chi connectivity index (χ4n) is 1.94. The Kier molecular flexibility index (Phi) is 4.70. The highest BCUT2D eigenvalue weighted by atomic mass is 32.2. The first kappa shape index (κ1) is 15.6. The Bertz CT molecular complexity index is 759. The van der Waals surface area contributed by atoms with E-state index in [1.54, 1.807) is 0 Å². The van der Waals surface area contributed by atoms with Gasteiger partial charge in [0.15, 0.2) is 0 Å². The lowest BCUT2D eigenvalue weighted by molar-refractivity contribution is 0.343. The molecule has 2 rings (SSSR count). The molecule has 0 radical (unpaired) electrons. The Morgan fingerprint density at radius 2 is 2.10 bits per heavy atom. The van der Waals surface area contributed by atoms with Crippen molar-refractivity contribution in [3.63, 3.8) is 0 Å². The molecule has 1 aromatic rings. The van der Waals surface area contributed by atoms with Crippen LogP contribution in [0.5, 0.6) is 0 Å². The lowest BCUT2D eigenvalue weighted by Crippen LogP contribution is -1.98. The van der Waals surface area contributed by atoms with Gasteiger partial charge in [0.25, 0.3) is 0 Å². The van der Waals surface area contributed by atoms with Gasteiger partial charge in [-0.05, 0) is 24.5 Å². The van der Waals surface area contributed by atoms with E-state index in [9.17, 15) is 13.7 Å². The Labute approximate surface area is 128 Å². The van der Waals surface area contributed by atoms with Crippen LogP contribution in [0.1, 0.15) is 24.0 Å². The molecule has 0 unspecified atom stereocenters. The molecule has 0 N–H and O–H groups in total. The van der Waals surface area contributed by atoms with Crippen molar-refractivity contribution < 1.29 is 12.7 Å². The van der Waals surface area contributed by atoms with Crippen LogP contribution in [0.4, 0.5) is 0 Å². The van der Waals surface area contributed by atoms with Crippen molar-refractivity contribution in [2.75, 3.05) is 6.26 Å². The molecule has 1 fully saturated rings. The Balaban J connectivity index is 2.29. The van der Waals surface area contributed by atoms with E-state index >= 15 is 0 Å². The molecule has 1 aliphatic rings. The molecule has 1 heterocycles. The van der Waals surface area contributed by atoms with Gasteiger partial charge in [-0.2, -0.15) is 13.7 Å². The monoisotopic (exact) mass is 322 g/mol. The third-order valence-electron chi connectivity index (χ3n) is 2.89. The van der Waals surface area contributed by atoms with E-state index < -0.39 is 10.1 Å². The van der Waals surface area contributed by atoms with Crippen molar-refractivity contribution in [2.24, 2.45) is 5.16 Å². The average molecular weight is 322 g/mol. The summed E-state index contributed by atoms with van der Waals surface area (Å²) in [6, 6.07) is 9.91. The molecule has 7 heteroatoms. The van der Waals surface area contributed by atoms with E-state index in [2.05, 4.69) is 15.5 Å². The van der Waals surface area contributed by atoms with Crippen molar-refractivity contribution in [1.82, 2.24) is 0 Å². The molecule has 1 aromatic carbocycles. The molecule has 0 saturated carbocycles. The maximum Gasteiger partial charge on any atom is 0.325 e.